The number of hydrogen-bond acceptors (Lipinski definition) is 3. The third-order valence-corrected chi connectivity index (χ3v) is 4.06. The molecule has 1 heterocycles. The molecule has 21 heavy (non-hydrogen) atoms. The number of nitrogens with zero attached hydrogens (tertiary/aromatic N) is 1. The minimum atomic E-state index is 0. The fourth-order valence-corrected chi connectivity index (χ4v) is 2.92. The number of hydrogen-bond donors (Lipinski definition) is 2. The molecule has 1 fully saturated rings. The molecule has 0 saturated heterocycles. The lowest BCUT2D eigenvalue weighted by Crippen LogP contribution is -2.36. The normalized spacial score (nSPS) is 16.3. The highest BCUT2D eigenvalue weighted by atomic mass is 35.5. The molecule has 0 atom stereocenters. The van der Waals surface area contributed by atoms with Crippen LogP contribution in [0, 0.1) is 12.3 Å². The van der Waals surface area contributed by atoms with Crippen LogP contribution in [0.25, 0.3) is 0 Å². The lowest BCUT2D eigenvalue weighted by atomic mass is 9.71. The van der Waals surface area contributed by atoms with Crippen LogP contribution in [-0.2, 0) is 4.79 Å². The lowest BCUT2D eigenvalue weighted by Gasteiger charge is -2.35. The first-order chi connectivity index (χ1) is 9.13. The second-order valence-electron chi connectivity index (χ2n) is 5.68. The number of carbonyl (C=O) groups excluding carboxylic acids is 1. The fraction of sp³-hybridized carbons (Fsp3) is 0.600. The van der Waals surface area contributed by atoms with Crippen molar-refractivity contribution >= 4 is 36.4 Å². The predicted octanol–water partition coefficient (Wildman–Crippen LogP) is 3.47. The molecule has 4 nitrogen and oxygen atoms in total. The van der Waals surface area contributed by atoms with E-state index >= 15 is 0 Å². The number of nitrogens with one attached hydrogen (secondary N) is 1. The van der Waals surface area contributed by atoms with E-state index in [-0.39, 0.29) is 36.1 Å². The van der Waals surface area contributed by atoms with Gasteiger partial charge in [-0.1, -0.05) is 19.3 Å². The second-order valence-corrected chi connectivity index (χ2v) is 5.68. The lowest BCUT2D eigenvalue weighted by molar-refractivity contribution is -0.118. The van der Waals surface area contributed by atoms with E-state index in [1.807, 2.05) is 19.1 Å². The first-order valence-corrected chi connectivity index (χ1v) is 7.06. The minimum absolute atomic E-state index is 0. The van der Waals surface area contributed by atoms with Crippen LogP contribution in [0.5, 0.6) is 0 Å². The average molecular weight is 334 g/mol. The highest BCUT2D eigenvalue weighted by molar-refractivity contribution is 5.91. The number of anilines is 1. The van der Waals surface area contributed by atoms with Gasteiger partial charge in [0.15, 0.2) is 0 Å². The molecule has 1 aliphatic rings. The maximum absolute atomic E-state index is 12.2. The molecule has 1 saturated carbocycles. The Morgan fingerprint density at radius 2 is 2.00 bits per heavy atom. The zero-order chi connectivity index (χ0) is 13.7. The minimum Gasteiger partial charge on any atom is -0.330 e. The third kappa shape index (κ3) is 5.81. The van der Waals surface area contributed by atoms with Crippen LogP contribution in [0.2, 0.25) is 0 Å². The summed E-state index contributed by atoms with van der Waals surface area (Å²) in [5, 5.41) is 2.95. The summed E-state index contributed by atoms with van der Waals surface area (Å²) in [5.74, 6) is 0.0675. The molecule has 1 aliphatic carbocycles. The molecule has 1 aromatic heterocycles. The largest absolute Gasteiger partial charge is 0.330 e. The topological polar surface area (TPSA) is 68.0 Å². The summed E-state index contributed by atoms with van der Waals surface area (Å²) in [4.78, 5) is 16.3. The maximum Gasteiger partial charge on any atom is 0.224 e. The monoisotopic (exact) mass is 333 g/mol. The van der Waals surface area contributed by atoms with Gasteiger partial charge < -0.3 is 11.1 Å². The standard InChI is InChI=1S/C15H23N3O.2ClH/c1-12-9-13(5-8-17-12)18-14(19)10-15(11-16)6-3-2-4-7-15;;/h5,8-9H,2-4,6-7,10-11,16H2,1H3,(H,17,18,19);2*1H. The Hall–Kier alpha value is -0.840. The van der Waals surface area contributed by atoms with E-state index in [0.29, 0.717) is 13.0 Å². The van der Waals surface area contributed by atoms with Crippen molar-refractivity contribution in [3.05, 3.63) is 24.0 Å². The van der Waals surface area contributed by atoms with Crippen LogP contribution in [0.1, 0.15) is 44.2 Å². The van der Waals surface area contributed by atoms with Crippen molar-refractivity contribution in [3.8, 4) is 0 Å². The highest BCUT2D eigenvalue weighted by Gasteiger charge is 2.32. The van der Waals surface area contributed by atoms with Crippen LogP contribution in [0.4, 0.5) is 5.69 Å². The number of carbonyl (C=O) groups is 1. The average Bonchev–Trinajstić information content (AvgIpc) is 2.39. The van der Waals surface area contributed by atoms with E-state index < -0.39 is 0 Å². The first kappa shape index (κ1) is 20.2. The fourth-order valence-electron chi connectivity index (χ4n) is 2.92. The van der Waals surface area contributed by atoms with E-state index in [4.69, 9.17) is 5.73 Å². The molecule has 120 valence electrons. The summed E-state index contributed by atoms with van der Waals surface area (Å²) in [5.41, 5.74) is 7.66. The quantitative estimate of drug-likeness (QED) is 0.886. The molecule has 0 radical (unpaired) electrons. The van der Waals surface area contributed by atoms with Gasteiger partial charge in [-0.2, -0.15) is 0 Å². The Morgan fingerprint density at radius 1 is 1.33 bits per heavy atom. The summed E-state index contributed by atoms with van der Waals surface area (Å²) in [6.07, 6.45) is 8.05. The van der Waals surface area contributed by atoms with Crippen molar-refractivity contribution in [2.24, 2.45) is 11.1 Å². The molecule has 3 N–H and O–H groups in total. The number of rotatable bonds is 4. The second kappa shape index (κ2) is 9.23. The zero-order valence-electron chi connectivity index (χ0n) is 12.4. The van der Waals surface area contributed by atoms with Gasteiger partial charge >= 0.3 is 0 Å². The molecule has 0 aliphatic heterocycles. The van der Waals surface area contributed by atoms with Gasteiger partial charge in [-0.05, 0) is 43.9 Å². The molecule has 0 aromatic carbocycles. The van der Waals surface area contributed by atoms with Crippen molar-refractivity contribution in [3.63, 3.8) is 0 Å². The van der Waals surface area contributed by atoms with E-state index in [9.17, 15) is 4.79 Å². The predicted molar refractivity (Wildman–Crippen MR) is 91.3 cm³/mol. The maximum atomic E-state index is 12.2. The van der Waals surface area contributed by atoms with Crippen molar-refractivity contribution in [2.45, 2.75) is 45.4 Å². The summed E-state index contributed by atoms with van der Waals surface area (Å²) in [6, 6.07) is 3.70. The SMILES string of the molecule is Cc1cc(NC(=O)CC2(CN)CCCCC2)ccn1.Cl.Cl. The number of nitrogens with two attached hydrogens (primary N) is 1. The summed E-state index contributed by atoms with van der Waals surface area (Å²) < 4.78 is 0. The molecule has 0 unspecified atom stereocenters. The van der Waals surface area contributed by atoms with Gasteiger partial charge in [0.1, 0.15) is 0 Å². The Bertz CT molecular complexity index is 448. The van der Waals surface area contributed by atoms with Crippen LogP contribution in [0.15, 0.2) is 18.3 Å². The van der Waals surface area contributed by atoms with Gasteiger partial charge in [0.25, 0.3) is 0 Å². The Balaban J connectivity index is 0.00000200. The molecule has 1 aromatic rings. The van der Waals surface area contributed by atoms with Crippen molar-refractivity contribution < 1.29 is 4.79 Å². The third-order valence-electron chi connectivity index (χ3n) is 4.06. The number of pyridine rings is 1. The van der Waals surface area contributed by atoms with E-state index in [1.165, 1.54) is 19.3 Å². The van der Waals surface area contributed by atoms with Crippen LogP contribution < -0.4 is 11.1 Å². The van der Waals surface area contributed by atoms with Gasteiger partial charge in [-0.15, -0.1) is 24.8 Å². The Kier molecular flexibility index (Phi) is 8.86. The van der Waals surface area contributed by atoms with E-state index in [2.05, 4.69) is 10.3 Å². The van der Waals surface area contributed by atoms with Crippen LogP contribution >= 0.6 is 24.8 Å². The first-order valence-electron chi connectivity index (χ1n) is 7.06. The number of amides is 1. The smallest absolute Gasteiger partial charge is 0.224 e. The number of aromatic nitrogens is 1. The Labute approximate surface area is 139 Å². The molecular formula is C15H25Cl2N3O. The van der Waals surface area contributed by atoms with Crippen molar-refractivity contribution in [1.29, 1.82) is 0 Å². The van der Waals surface area contributed by atoms with Gasteiger partial charge in [0.05, 0.1) is 0 Å². The van der Waals surface area contributed by atoms with Crippen LogP contribution in [-0.4, -0.2) is 17.4 Å². The van der Waals surface area contributed by atoms with E-state index in [1.54, 1.807) is 6.20 Å². The summed E-state index contributed by atoms with van der Waals surface area (Å²) >= 11 is 0. The van der Waals surface area contributed by atoms with Gasteiger partial charge in [0.2, 0.25) is 5.91 Å². The van der Waals surface area contributed by atoms with Crippen molar-refractivity contribution in [1.82, 2.24) is 4.98 Å². The number of halogens is 2. The summed E-state index contributed by atoms with van der Waals surface area (Å²) in [6.45, 7) is 2.52. The molecule has 1 amide bonds. The molecule has 0 spiro atoms. The Morgan fingerprint density at radius 3 is 2.57 bits per heavy atom. The van der Waals surface area contributed by atoms with Crippen LogP contribution in [0.3, 0.4) is 0 Å². The highest BCUT2D eigenvalue weighted by Crippen LogP contribution is 2.38. The van der Waals surface area contributed by atoms with Gasteiger partial charge in [-0.25, -0.2) is 0 Å². The van der Waals surface area contributed by atoms with Crippen molar-refractivity contribution in [2.75, 3.05) is 11.9 Å². The van der Waals surface area contributed by atoms with E-state index in [0.717, 1.165) is 24.2 Å². The van der Waals surface area contributed by atoms with Gasteiger partial charge in [-0.3, -0.25) is 9.78 Å². The number of aryl methyl sites for hydroxylation is 1. The molecule has 6 heteroatoms. The molecule has 2 rings (SSSR count). The summed E-state index contributed by atoms with van der Waals surface area (Å²) in [7, 11) is 0. The molecule has 0 bridgehead atoms. The molecular weight excluding hydrogens is 309 g/mol. The van der Waals surface area contributed by atoms with Gasteiger partial charge in [0, 0.05) is 24.0 Å². The zero-order valence-corrected chi connectivity index (χ0v) is 14.1.